The molecule has 1 aromatic rings. The zero-order chi connectivity index (χ0) is 16.3. The molecule has 6 heteroatoms. The van der Waals surface area contributed by atoms with Crippen LogP contribution in [0.5, 0.6) is 0 Å². The molecular formula is C16H22N2O4. The van der Waals surface area contributed by atoms with Gasteiger partial charge in [-0.1, -0.05) is 13.8 Å². The van der Waals surface area contributed by atoms with Crippen molar-refractivity contribution in [2.75, 3.05) is 11.9 Å². The minimum absolute atomic E-state index is 0.0553. The summed E-state index contributed by atoms with van der Waals surface area (Å²) in [6, 6.07) is 4.72. The Labute approximate surface area is 130 Å². The fraction of sp³-hybridized carbons (Fsp3) is 0.562. The maximum absolute atomic E-state index is 11.4. The van der Waals surface area contributed by atoms with Gasteiger partial charge < -0.3 is 10.1 Å². The molecule has 2 atom stereocenters. The largest absolute Gasteiger partial charge is 0.378 e. The number of carbonyl (C=O) groups is 1. The Bertz CT molecular complexity index is 571. The van der Waals surface area contributed by atoms with E-state index in [-0.39, 0.29) is 23.6 Å². The Morgan fingerprint density at radius 1 is 1.45 bits per heavy atom. The van der Waals surface area contributed by atoms with Gasteiger partial charge in [0, 0.05) is 24.3 Å². The number of benzene rings is 1. The van der Waals surface area contributed by atoms with E-state index in [0.29, 0.717) is 23.8 Å². The quantitative estimate of drug-likeness (QED) is 0.512. The Morgan fingerprint density at radius 3 is 2.77 bits per heavy atom. The molecule has 0 bridgehead atoms. The Morgan fingerprint density at radius 2 is 2.18 bits per heavy atom. The minimum atomic E-state index is -0.450. The van der Waals surface area contributed by atoms with Crippen molar-refractivity contribution in [2.24, 2.45) is 5.92 Å². The summed E-state index contributed by atoms with van der Waals surface area (Å²) in [5, 5.41) is 14.5. The van der Waals surface area contributed by atoms with Crippen LogP contribution >= 0.6 is 0 Å². The van der Waals surface area contributed by atoms with E-state index in [1.165, 1.54) is 13.0 Å². The number of hydrogen-bond acceptors (Lipinski definition) is 5. The maximum Gasteiger partial charge on any atom is 0.293 e. The fourth-order valence-electron chi connectivity index (χ4n) is 2.67. The van der Waals surface area contributed by atoms with Gasteiger partial charge >= 0.3 is 0 Å². The van der Waals surface area contributed by atoms with E-state index in [9.17, 15) is 14.9 Å². The molecule has 0 saturated carbocycles. The second kappa shape index (κ2) is 6.87. The van der Waals surface area contributed by atoms with Gasteiger partial charge in [0.15, 0.2) is 5.78 Å². The van der Waals surface area contributed by atoms with Crippen molar-refractivity contribution in [3.8, 4) is 0 Å². The number of nitro groups is 1. The summed E-state index contributed by atoms with van der Waals surface area (Å²) in [6.07, 6.45) is 1.81. The average molecular weight is 306 g/mol. The molecule has 1 aliphatic heterocycles. The Balaban J connectivity index is 2.18. The van der Waals surface area contributed by atoms with Gasteiger partial charge in [-0.3, -0.25) is 14.9 Å². The van der Waals surface area contributed by atoms with Gasteiger partial charge in [0.2, 0.25) is 0 Å². The van der Waals surface area contributed by atoms with Crippen LogP contribution in [0.25, 0.3) is 0 Å². The first kappa shape index (κ1) is 16.4. The predicted molar refractivity (Wildman–Crippen MR) is 84.3 cm³/mol. The van der Waals surface area contributed by atoms with E-state index >= 15 is 0 Å². The van der Waals surface area contributed by atoms with Gasteiger partial charge in [0.25, 0.3) is 5.69 Å². The first-order valence-corrected chi connectivity index (χ1v) is 7.56. The van der Waals surface area contributed by atoms with Crippen molar-refractivity contribution in [1.29, 1.82) is 0 Å². The van der Waals surface area contributed by atoms with Crippen LogP contribution in [0.1, 0.15) is 44.0 Å². The molecule has 1 fully saturated rings. The minimum Gasteiger partial charge on any atom is -0.378 e. The van der Waals surface area contributed by atoms with Crippen LogP contribution in [0.15, 0.2) is 18.2 Å². The molecule has 1 aromatic carbocycles. The highest BCUT2D eigenvalue weighted by atomic mass is 16.6. The number of nitrogens with zero attached hydrogens (tertiary/aromatic N) is 1. The molecular weight excluding hydrogens is 284 g/mol. The Kier molecular flexibility index (Phi) is 5.13. The van der Waals surface area contributed by atoms with Crippen LogP contribution in [0, 0.1) is 16.0 Å². The molecule has 2 rings (SSSR count). The molecule has 1 N–H and O–H groups in total. The van der Waals surface area contributed by atoms with Gasteiger partial charge in [-0.2, -0.15) is 0 Å². The average Bonchev–Trinajstić information content (AvgIpc) is 2.47. The molecule has 0 spiro atoms. The number of ketones is 1. The summed E-state index contributed by atoms with van der Waals surface area (Å²) in [4.78, 5) is 22.2. The molecule has 1 heterocycles. The molecule has 1 saturated heterocycles. The molecule has 0 aromatic heterocycles. The lowest BCUT2D eigenvalue weighted by Gasteiger charge is -2.32. The predicted octanol–water partition coefficient (Wildman–Crippen LogP) is 3.41. The number of nitrogens with one attached hydrogen (secondary N) is 1. The highest BCUT2D eigenvalue weighted by Gasteiger charge is 2.26. The summed E-state index contributed by atoms with van der Waals surface area (Å²) in [5.74, 6) is 0.236. The Hall–Kier alpha value is -1.95. The topological polar surface area (TPSA) is 81.5 Å². The van der Waals surface area contributed by atoms with Gasteiger partial charge in [0.1, 0.15) is 5.69 Å². The fourth-order valence-corrected chi connectivity index (χ4v) is 2.67. The number of hydrogen-bond donors (Lipinski definition) is 1. The standard InChI is InChI=1S/C16H22N2O4/c1-10(2)16-9-13(6-7-22-16)17-14-5-4-12(11(3)19)8-15(14)18(20)21/h4-5,8,10,13,16-17H,6-7,9H2,1-3H3/t13-,16+/m1/s1. The van der Waals surface area contributed by atoms with Crippen LogP contribution in [0.2, 0.25) is 0 Å². The van der Waals surface area contributed by atoms with Crippen molar-refractivity contribution < 1.29 is 14.5 Å². The van der Waals surface area contributed by atoms with Crippen LogP contribution in [-0.2, 0) is 4.74 Å². The smallest absolute Gasteiger partial charge is 0.293 e. The highest BCUT2D eigenvalue weighted by molar-refractivity contribution is 5.95. The monoisotopic (exact) mass is 306 g/mol. The van der Waals surface area contributed by atoms with Gasteiger partial charge in [-0.25, -0.2) is 0 Å². The summed E-state index contributed by atoms with van der Waals surface area (Å²) in [5.41, 5.74) is 0.758. The molecule has 22 heavy (non-hydrogen) atoms. The van der Waals surface area contributed by atoms with Crippen molar-refractivity contribution in [2.45, 2.75) is 45.8 Å². The third-order valence-electron chi connectivity index (χ3n) is 4.02. The molecule has 6 nitrogen and oxygen atoms in total. The zero-order valence-electron chi connectivity index (χ0n) is 13.2. The summed E-state index contributed by atoms with van der Waals surface area (Å²) >= 11 is 0. The van der Waals surface area contributed by atoms with Gasteiger partial charge in [0.05, 0.1) is 11.0 Å². The SMILES string of the molecule is CC(=O)c1ccc(N[C@@H]2CCO[C@H](C(C)C)C2)c([N+](=O)[O-])c1. The number of anilines is 1. The molecule has 1 aliphatic rings. The first-order valence-electron chi connectivity index (χ1n) is 7.56. The molecule has 0 aliphatic carbocycles. The number of Topliss-reactive ketones (excluding diaryl/α,β-unsaturated/α-hetero) is 1. The second-order valence-corrected chi connectivity index (χ2v) is 6.06. The normalized spacial score (nSPS) is 21.6. The molecule has 0 amide bonds. The van der Waals surface area contributed by atoms with Crippen LogP contribution in [-0.4, -0.2) is 29.5 Å². The van der Waals surface area contributed by atoms with E-state index in [1.54, 1.807) is 12.1 Å². The number of ether oxygens (including phenoxy) is 1. The van der Waals surface area contributed by atoms with E-state index in [0.717, 1.165) is 12.8 Å². The van der Waals surface area contributed by atoms with Crippen molar-refractivity contribution >= 4 is 17.2 Å². The maximum atomic E-state index is 11.4. The summed E-state index contributed by atoms with van der Waals surface area (Å²) in [6.45, 7) is 6.27. The van der Waals surface area contributed by atoms with E-state index < -0.39 is 4.92 Å². The molecule has 120 valence electrons. The molecule has 0 radical (unpaired) electrons. The third-order valence-corrected chi connectivity index (χ3v) is 4.02. The van der Waals surface area contributed by atoms with Gasteiger partial charge in [-0.05, 0) is 37.8 Å². The lowest BCUT2D eigenvalue weighted by atomic mass is 9.95. The van der Waals surface area contributed by atoms with E-state index in [1.807, 2.05) is 0 Å². The summed E-state index contributed by atoms with van der Waals surface area (Å²) < 4.78 is 5.72. The van der Waals surface area contributed by atoms with Crippen LogP contribution in [0.4, 0.5) is 11.4 Å². The lowest BCUT2D eigenvalue weighted by molar-refractivity contribution is -0.384. The van der Waals surface area contributed by atoms with Crippen molar-refractivity contribution in [3.63, 3.8) is 0 Å². The summed E-state index contributed by atoms with van der Waals surface area (Å²) in [7, 11) is 0. The van der Waals surface area contributed by atoms with Crippen LogP contribution < -0.4 is 5.32 Å². The second-order valence-electron chi connectivity index (χ2n) is 6.06. The van der Waals surface area contributed by atoms with Gasteiger partial charge in [-0.15, -0.1) is 0 Å². The third kappa shape index (κ3) is 3.82. The van der Waals surface area contributed by atoms with Crippen molar-refractivity contribution in [1.82, 2.24) is 0 Å². The van der Waals surface area contributed by atoms with Crippen molar-refractivity contribution in [3.05, 3.63) is 33.9 Å². The van der Waals surface area contributed by atoms with Crippen LogP contribution in [0.3, 0.4) is 0 Å². The zero-order valence-corrected chi connectivity index (χ0v) is 13.2. The number of nitro benzene ring substituents is 1. The van der Waals surface area contributed by atoms with E-state index in [2.05, 4.69) is 19.2 Å². The number of rotatable bonds is 5. The lowest BCUT2D eigenvalue weighted by Crippen LogP contribution is -2.36. The first-order chi connectivity index (χ1) is 10.4. The highest BCUT2D eigenvalue weighted by Crippen LogP contribution is 2.29. The van der Waals surface area contributed by atoms with E-state index in [4.69, 9.17) is 4.74 Å². The molecule has 0 unspecified atom stereocenters. The number of carbonyl (C=O) groups excluding carboxylic acids is 1.